The van der Waals surface area contributed by atoms with E-state index in [2.05, 4.69) is 0 Å². The normalized spacial score (nSPS) is 15.0. The fourth-order valence-electron chi connectivity index (χ4n) is 5.82. The Morgan fingerprint density at radius 2 is 0.959 bits per heavy atom. The quantitative estimate of drug-likeness (QED) is 0.135. The minimum absolute atomic E-state index is 0.343. The fraction of sp³-hybridized carbons (Fsp3) is 0.163. The largest absolute Gasteiger partial charge is 0.489 e. The Hall–Kier alpha value is -5.72. The molecule has 0 fully saturated rings. The molecule has 1 aliphatic heterocycles. The number of rotatable bonds is 13. The summed E-state index contributed by atoms with van der Waals surface area (Å²) in [5, 5.41) is 11.5. The van der Waals surface area contributed by atoms with Crippen LogP contribution in [-0.2, 0) is 32.8 Å². The molecule has 0 bridgehead atoms. The summed E-state index contributed by atoms with van der Waals surface area (Å²) in [5.74, 6) is 3.05. The second-order valence-electron chi connectivity index (χ2n) is 12.0. The zero-order valence-corrected chi connectivity index (χ0v) is 27.1. The van der Waals surface area contributed by atoms with E-state index in [0.717, 1.165) is 33.4 Å². The third-order valence-electron chi connectivity index (χ3n) is 8.41. The van der Waals surface area contributed by atoms with Gasteiger partial charge in [-0.2, -0.15) is 0 Å². The van der Waals surface area contributed by atoms with E-state index < -0.39 is 12.2 Å². The molecule has 246 valence electrons. The van der Waals surface area contributed by atoms with Crippen molar-refractivity contribution in [2.75, 3.05) is 0 Å². The molecule has 1 aliphatic rings. The van der Waals surface area contributed by atoms with Gasteiger partial charge in [-0.3, -0.25) is 0 Å². The van der Waals surface area contributed by atoms with Crippen molar-refractivity contribution in [3.05, 3.63) is 185 Å². The van der Waals surface area contributed by atoms with Crippen LogP contribution in [0.5, 0.6) is 28.7 Å². The van der Waals surface area contributed by atoms with E-state index in [9.17, 15) is 5.11 Å². The summed E-state index contributed by atoms with van der Waals surface area (Å²) in [5.41, 5.74) is 5.76. The molecule has 0 amide bonds. The van der Waals surface area contributed by atoms with Crippen LogP contribution in [0.1, 0.15) is 39.5 Å². The highest BCUT2D eigenvalue weighted by Gasteiger charge is 2.33. The van der Waals surface area contributed by atoms with Gasteiger partial charge in [0, 0.05) is 24.1 Å². The zero-order valence-electron chi connectivity index (χ0n) is 27.1. The lowest BCUT2D eigenvalue weighted by Gasteiger charge is -2.32. The molecule has 1 heterocycles. The summed E-state index contributed by atoms with van der Waals surface area (Å²) >= 11 is 0. The molecule has 7 rings (SSSR count). The van der Waals surface area contributed by atoms with E-state index >= 15 is 0 Å². The van der Waals surface area contributed by atoms with Crippen molar-refractivity contribution in [3.63, 3.8) is 0 Å². The van der Waals surface area contributed by atoms with Crippen LogP contribution in [0.4, 0.5) is 0 Å². The molecule has 49 heavy (non-hydrogen) atoms. The van der Waals surface area contributed by atoms with Crippen molar-refractivity contribution in [3.8, 4) is 28.7 Å². The highest BCUT2D eigenvalue weighted by molar-refractivity contribution is 5.53. The second kappa shape index (κ2) is 15.5. The number of aliphatic hydroxyl groups is 1. The Balaban J connectivity index is 1.16. The van der Waals surface area contributed by atoms with Crippen LogP contribution in [0.2, 0.25) is 0 Å². The van der Waals surface area contributed by atoms with Crippen LogP contribution in [0.25, 0.3) is 0 Å². The lowest BCUT2D eigenvalue weighted by atomic mass is 9.93. The van der Waals surface area contributed by atoms with Gasteiger partial charge in [0.25, 0.3) is 0 Å². The van der Waals surface area contributed by atoms with Crippen LogP contribution in [-0.4, -0.2) is 11.2 Å². The van der Waals surface area contributed by atoms with Crippen LogP contribution in [0.15, 0.2) is 152 Å². The zero-order chi connectivity index (χ0) is 33.3. The van der Waals surface area contributed by atoms with Crippen LogP contribution >= 0.6 is 0 Å². The first-order chi connectivity index (χ1) is 24.2. The van der Waals surface area contributed by atoms with Crippen LogP contribution in [0, 0.1) is 0 Å². The third kappa shape index (κ3) is 8.23. The predicted molar refractivity (Wildman–Crippen MR) is 189 cm³/mol. The molecule has 0 spiro atoms. The molecule has 6 nitrogen and oxygen atoms in total. The number of ether oxygens (including phenoxy) is 5. The van der Waals surface area contributed by atoms with E-state index in [1.165, 1.54) is 0 Å². The van der Waals surface area contributed by atoms with Gasteiger partial charge in [0.15, 0.2) is 11.5 Å². The van der Waals surface area contributed by atoms with Gasteiger partial charge in [-0.25, -0.2) is 0 Å². The minimum atomic E-state index is -0.833. The first-order valence-corrected chi connectivity index (χ1v) is 16.5. The summed E-state index contributed by atoms with van der Waals surface area (Å²) in [7, 11) is 0. The van der Waals surface area contributed by atoms with Gasteiger partial charge in [-0.15, -0.1) is 0 Å². The Kier molecular flexibility index (Phi) is 10.0. The summed E-state index contributed by atoms with van der Waals surface area (Å²) in [6.45, 7) is 1.54. The Morgan fingerprint density at radius 3 is 1.49 bits per heavy atom. The topological polar surface area (TPSA) is 66.4 Å². The highest BCUT2D eigenvalue weighted by atomic mass is 16.5. The Bertz CT molecular complexity index is 1930. The standard InChI is InChI=1S/C43H38O6/c44-38-26-37-40(47-29-33-17-9-3-10-18-33)24-36(45-27-31-13-5-1-6-14-31)25-41(37)49-43(38)35-21-22-39(46-28-32-15-7-2-8-16-32)42(23-35)48-30-34-19-11-4-12-20-34/h1-25,38,43-44H,26-30H2/t38-,43+/m0/s1. The van der Waals surface area contributed by atoms with E-state index in [4.69, 9.17) is 23.7 Å². The predicted octanol–water partition coefficient (Wildman–Crippen LogP) is 9.04. The summed E-state index contributed by atoms with van der Waals surface area (Å²) < 4.78 is 31.7. The van der Waals surface area contributed by atoms with E-state index in [-0.39, 0.29) is 0 Å². The fourth-order valence-corrected chi connectivity index (χ4v) is 5.82. The molecule has 0 aromatic heterocycles. The molecule has 1 N–H and O–H groups in total. The number of fused-ring (bicyclic) bond motifs is 1. The monoisotopic (exact) mass is 650 g/mol. The van der Waals surface area contributed by atoms with Crippen molar-refractivity contribution < 1.29 is 28.8 Å². The summed E-state index contributed by atoms with van der Waals surface area (Å²) in [6.07, 6.45) is -1.14. The molecule has 0 aliphatic carbocycles. The van der Waals surface area contributed by atoms with Crippen molar-refractivity contribution in [1.29, 1.82) is 0 Å². The van der Waals surface area contributed by atoms with Gasteiger partial charge < -0.3 is 28.8 Å². The number of hydrogen-bond acceptors (Lipinski definition) is 6. The van der Waals surface area contributed by atoms with Crippen molar-refractivity contribution >= 4 is 0 Å². The number of aliphatic hydroxyl groups excluding tert-OH is 1. The molecule has 0 radical (unpaired) electrons. The molecule has 6 aromatic carbocycles. The Labute approximate surface area is 287 Å². The highest BCUT2D eigenvalue weighted by Crippen LogP contribution is 2.44. The molecule has 0 unspecified atom stereocenters. The molecule has 0 saturated heterocycles. The first-order valence-electron chi connectivity index (χ1n) is 16.5. The summed E-state index contributed by atoms with van der Waals surface area (Å²) in [4.78, 5) is 0. The lowest BCUT2D eigenvalue weighted by Crippen LogP contribution is -2.30. The number of hydrogen-bond donors (Lipinski definition) is 1. The molecule has 2 atom stereocenters. The molecule has 6 heteroatoms. The van der Waals surface area contributed by atoms with Gasteiger partial charge in [0.05, 0.1) is 6.10 Å². The van der Waals surface area contributed by atoms with Crippen molar-refractivity contribution in [1.82, 2.24) is 0 Å². The van der Waals surface area contributed by atoms with Crippen LogP contribution in [0.3, 0.4) is 0 Å². The maximum absolute atomic E-state index is 11.5. The maximum atomic E-state index is 11.5. The SMILES string of the molecule is O[C@H]1Cc2c(OCc3ccccc3)cc(OCc3ccccc3)cc2O[C@@H]1c1ccc(OCc2ccccc2)c(OCc2ccccc2)c1. The maximum Gasteiger partial charge on any atom is 0.162 e. The summed E-state index contributed by atoms with van der Waals surface area (Å²) in [6, 6.07) is 49.5. The molecular weight excluding hydrogens is 612 g/mol. The first kappa shape index (κ1) is 31.9. The Morgan fingerprint density at radius 1 is 0.490 bits per heavy atom. The van der Waals surface area contributed by atoms with Gasteiger partial charge in [0.2, 0.25) is 0 Å². The number of benzene rings is 6. The molecular formula is C43H38O6. The van der Waals surface area contributed by atoms with Gasteiger partial charge in [-0.1, -0.05) is 127 Å². The average Bonchev–Trinajstić information content (AvgIpc) is 3.16. The average molecular weight is 651 g/mol. The van der Waals surface area contributed by atoms with Gasteiger partial charge in [0.1, 0.15) is 49.8 Å². The van der Waals surface area contributed by atoms with Gasteiger partial charge >= 0.3 is 0 Å². The second-order valence-corrected chi connectivity index (χ2v) is 12.0. The van der Waals surface area contributed by atoms with E-state index in [0.29, 0.717) is 61.6 Å². The molecule has 6 aromatic rings. The van der Waals surface area contributed by atoms with E-state index in [1.807, 2.05) is 152 Å². The van der Waals surface area contributed by atoms with Crippen LogP contribution < -0.4 is 23.7 Å². The molecule has 0 saturated carbocycles. The van der Waals surface area contributed by atoms with E-state index in [1.54, 1.807) is 0 Å². The van der Waals surface area contributed by atoms with Crippen molar-refractivity contribution in [2.24, 2.45) is 0 Å². The van der Waals surface area contributed by atoms with Gasteiger partial charge in [-0.05, 0) is 39.9 Å². The van der Waals surface area contributed by atoms with Crippen molar-refractivity contribution in [2.45, 2.75) is 45.1 Å². The smallest absolute Gasteiger partial charge is 0.162 e. The lowest BCUT2D eigenvalue weighted by molar-refractivity contribution is 0.0192. The minimum Gasteiger partial charge on any atom is -0.489 e. The third-order valence-corrected chi connectivity index (χ3v) is 8.41.